The van der Waals surface area contributed by atoms with Gasteiger partial charge in [0.15, 0.2) is 0 Å². The van der Waals surface area contributed by atoms with Crippen molar-refractivity contribution in [3.63, 3.8) is 0 Å². The van der Waals surface area contributed by atoms with Crippen LogP contribution in [0.1, 0.15) is 28.3 Å². The molecule has 0 saturated carbocycles. The van der Waals surface area contributed by atoms with Crippen molar-refractivity contribution in [3.05, 3.63) is 64.7 Å². The first kappa shape index (κ1) is 17.2. The molecule has 2 aromatic carbocycles. The molecule has 26 heavy (non-hydrogen) atoms. The van der Waals surface area contributed by atoms with Crippen molar-refractivity contribution in [1.82, 2.24) is 9.21 Å². The lowest BCUT2D eigenvalue weighted by Crippen LogP contribution is -2.55. The minimum absolute atomic E-state index is 0.0894. The molecule has 6 heteroatoms. The Kier molecular flexibility index (Phi) is 4.12. The molecule has 4 rings (SSSR count). The Morgan fingerprint density at radius 3 is 2.58 bits per heavy atom. The highest BCUT2D eigenvalue weighted by atomic mass is 32.2. The third kappa shape index (κ3) is 2.73. The predicted octanol–water partition coefficient (Wildman–Crippen LogP) is 2.43. The molecule has 0 bridgehead atoms. The average Bonchev–Trinajstić information content (AvgIpc) is 2.63. The molecule has 136 valence electrons. The van der Waals surface area contributed by atoms with Gasteiger partial charge in [-0.15, -0.1) is 0 Å². The van der Waals surface area contributed by atoms with Gasteiger partial charge in [0.2, 0.25) is 15.9 Å². The van der Waals surface area contributed by atoms with Crippen LogP contribution in [0.4, 0.5) is 0 Å². The molecule has 1 atom stereocenters. The number of carbonyl (C=O) groups is 1. The Balaban J connectivity index is 1.71. The number of fused-ring (bicyclic) bond motifs is 3. The minimum Gasteiger partial charge on any atom is -0.333 e. The van der Waals surface area contributed by atoms with E-state index in [1.54, 1.807) is 12.1 Å². The Bertz CT molecular complexity index is 984. The molecule has 1 saturated heterocycles. The molecule has 2 heterocycles. The van der Waals surface area contributed by atoms with E-state index in [4.69, 9.17) is 0 Å². The molecule has 0 radical (unpaired) electrons. The topological polar surface area (TPSA) is 57.7 Å². The number of hydrogen-bond donors (Lipinski definition) is 0. The van der Waals surface area contributed by atoms with Gasteiger partial charge < -0.3 is 4.90 Å². The first-order valence-electron chi connectivity index (χ1n) is 8.82. The minimum atomic E-state index is -3.70. The van der Waals surface area contributed by atoms with E-state index in [2.05, 4.69) is 6.07 Å². The number of hydrogen-bond acceptors (Lipinski definition) is 3. The molecular weight excluding hydrogens is 348 g/mol. The van der Waals surface area contributed by atoms with E-state index in [9.17, 15) is 13.2 Å². The molecule has 1 fully saturated rings. The zero-order valence-electron chi connectivity index (χ0n) is 15.0. The maximum atomic E-state index is 13.1. The fraction of sp³-hybridized carbons (Fsp3) is 0.350. The summed E-state index contributed by atoms with van der Waals surface area (Å²) in [6.07, 6.45) is 0.822. The highest BCUT2D eigenvalue weighted by molar-refractivity contribution is 7.89. The Hall–Kier alpha value is -2.18. The lowest BCUT2D eigenvalue weighted by atomic mass is 9.91. The van der Waals surface area contributed by atoms with Crippen LogP contribution in [0.5, 0.6) is 0 Å². The van der Waals surface area contributed by atoms with Crippen molar-refractivity contribution in [1.29, 1.82) is 0 Å². The molecule has 0 aliphatic carbocycles. The number of benzene rings is 2. The van der Waals surface area contributed by atoms with Crippen LogP contribution in [0.15, 0.2) is 47.4 Å². The van der Waals surface area contributed by atoms with E-state index in [0.29, 0.717) is 13.1 Å². The van der Waals surface area contributed by atoms with E-state index in [1.165, 1.54) is 9.87 Å². The first-order chi connectivity index (χ1) is 12.4. The number of aryl methyl sites for hydroxylation is 2. The van der Waals surface area contributed by atoms with Crippen LogP contribution < -0.4 is 0 Å². The normalized spacial score (nSPS) is 20.6. The third-order valence-corrected chi connectivity index (χ3v) is 7.34. The van der Waals surface area contributed by atoms with Gasteiger partial charge in [0.25, 0.3) is 0 Å². The van der Waals surface area contributed by atoms with Crippen molar-refractivity contribution in [2.45, 2.75) is 31.2 Å². The molecule has 2 aliphatic rings. The third-order valence-electron chi connectivity index (χ3n) is 5.54. The van der Waals surface area contributed by atoms with Gasteiger partial charge in [0.1, 0.15) is 0 Å². The lowest BCUT2D eigenvalue weighted by molar-refractivity contribution is -0.138. The van der Waals surface area contributed by atoms with Crippen LogP contribution >= 0.6 is 0 Å². The maximum Gasteiger partial charge on any atom is 0.243 e. The standard InChI is InChI=1S/C20H22N2O3S/c1-14-7-8-17(11-15(14)2)26(24,25)21-12-19-18-6-4-3-5-16(18)9-10-22(19)20(23)13-21/h3-8,11,19H,9-10,12-13H2,1-2H3. The fourth-order valence-corrected chi connectivity index (χ4v) is 5.33. The second-order valence-corrected chi connectivity index (χ2v) is 9.03. The molecular formula is C20H22N2O3S. The van der Waals surface area contributed by atoms with Crippen molar-refractivity contribution in [3.8, 4) is 0 Å². The molecule has 5 nitrogen and oxygen atoms in total. The van der Waals surface area contributed by atoms with Crippen LogP contribution in [0.3, 0.4) is 0 Å². The molecule has 2 aromatic rings. The Morgan fingerprint density at radius 1 is 1.04 bits per heavy atom. The molecule has 0 N–H and O–H groups in total. The van der Waals surface area contributed by atoms with Gasteiger partial charge >= 0.3 is 0 Å². The van der Waals surface area contributed by atoms with Crippen LogP contribution in [0, 0.1) is 13.8 Å². The van der Waals surface area contributed by atoms with Crippen molar-refractivity contribution in [2.75, 3.05) is 19.6 Å². The summed E-state index contributed by atoms with van der Waals surface area (Å²) in [5.74, 6) is -0.122. The van der Waals surface area contributed by atoms with Crippen molar-refractivity contribution >= 4 is 15.9 Å². The van der Waals surface area contributed by atoms with Gasteiger partial charge in [0, 0.05) is 13.1 Å². The quantitative estimate of drug-likeness (QED) is 0.816. The van der Waals surface area contributed by atoms with Gasteiger partial charge in [-0.05, 0) is 54.7 Å². The fourth-order valence-electron chi connectivity index (χ4n) is 3.85. The van der Waals surface area contributed by atoms with Crippen LogP contribution in [-0.2, 0) is 21.2 Å². The highest BCUT2D eigenvalue weighted by Crippen LogP contribution is 2.34. The summed E-state index contributed by atoms with van der Waals surface area (Å²) >= 11 is 0. The van der Waals surface area contributed by atoms with E-state index in [1.807, 2.05) is 43.0 Å². The van der Waals surface area contributed by atoms with Gasteiger partial charge in [-0.1, -0.05) is 30.3 Å². The van der Waals surface area contributed by atoms with Crippen molar-refractivity contribution in [2.24, 2.45) is 0 Å². The number of nitrogens with zero attached hydrogens (tertiary/aromatic N) is 2. The summed E-state index contributed by atoms with van der Waals surface area (Å²) in [6, 6.07) is 12.9. The number of piperazine rings is 1. The maximum absolute atomic E-state index is 13.1. The largest absolute Gasteiger partial charge is 0.333 e. The molecule has 0 aromatic heterocycles. The summed E-state index contributed by atoms with van der Waals surface area (Å²) in [4.78, 5) is 14.8. The molecule has 2 aliphatic heterocycles. The predicted molar refractivity (Wildman–Crippen MR) is 99.3 cm³/mol. The molecule has 1 unspecified atom stereocenters. The van der Waals surface area contributed by atoms with Crippen molar-refractivity contribution < 1.29 is 13.2 Å². The van der Waals surface area contributed by atoms with Crippen LogP contribution in [-0.4, -0.2) is 43.2 Å². The molecule has 0 spiro atoms. The zero-order valence-corrected chi connectivity index (χ0v) is 15.8. The lowest BCUT2D eigenvalue weighted by Gasteiger charge is -2.44. The smallest absolute Gasteiger partial charge is 0.243 e. The summed E-state index contributed by atoms with van der Waals surface area (Å²) in [7, 11) is -3.70. The summed E-state index contributed by atoms with van der Waals surface area (Å²) in [6.45, 7) is 4.71. The number of rotatable bonds is 2. The number of amides is 1. The van der Waals surface area contributed by atoms with E-state index < -0.39 is 10.0 Å². The summed E-state index contributed by atoms with van der Waals surface area (Å²) < 4.78 is 27.6. The first-order valence-corrected chi connectivity index (χ1v) is 10.3. The monoisotopic (exact) mass is 370 g/mol. The summed E-state index contributed by atoms with van der Waals surface area (Å²) in [5, 5.41) is 0. The molecule has 1 amide bonds. The average molecular weight is 370 g/mol. The van der Waals surface area contributed by atoms with E-state index in [0.717, 1.165) is 23.1 Å². The number of carbonyl (C=O) groups excluding carboxylic acids is 1. The Labute approximate surface area is 154 Å². The van der Waals surface area contributed by atoms with Gasteiger partial charge in [-0.2, -0.15) is 4.31 Å². The van der Waals surface area contributed by atoms with Gasteiger partial charge in [0.05, 0.1) is 17.5 Å². The highest BCUT2D eigenvalue weighted by Gasteiger charge is 2.41. The summed E-state index contributed by atoms with van der Waals surface area (Å²) in [5.41, 5.74) is 4.24. The van der Waals surface area contributed by atoms with Crippen LogP contribution in [0.2, 0.25) is 0 Å². The van der Waals surface area contributed by atoms with Gasteiger partial charge in [-0.25, -0.2) is 8.42 Å². The van der Waals surface area contributed by atoms with Gasteiger partial charge in [-0.3, -0.25) is 4.79 Å². The van der Waals surface area contributed by atoms with E-state index >= 15 is 0 Å². The Morgan fingerprint density at radius 2 is 1.81 bits per heavy atom. The second kappa shape index (κ2) is 6.21. The number of sulfonamides is 1. The second-order valence-electron chi connectivity index (χ2n) is 7.10. The SMILES string of the molecule is Cc1ccc(S(=O)(=O)N2CC(=O)N3CCc4ccccc4C3C2)cc1C. The van der Waals surface area contributed by atoms with Crippen LogP contribution in [0.25, 0.3) is 0 Å². The van der Waals surface area contributed by atoms with E-state index in [-0.39, 0.29) is 23.4 Å². The zero-order chi connectivity index (χ0) is 18.5.